The second-order valence-electron chi connectivity index (χ2n) is 2.48. The molecule has 0 bridgehead atoms. The van der Waals surface area contributed by atoms with Crippen molar-refractivity contribution >= 4 is 5.57 Å². The first kappa shape index (κ1) is 9.26. The lowest BCUT2D eigenvalue weighted by molar-refractivity contribution is 1.28. The Kier molecular flexibility index (Phi) is 3.51. The molecule has 1 rings (SSSR count). The number of nitrogens with two attached hydrogens (primary N) is 1. The Morgan fingerprint density at radius 1 is 1.38 bits per heavy atom. The molecule has 2 nitrogen and oxygen atoms in total. The van der Waals surface area contributed by atoms with Gasteiger partial charge in [-0.3, -0.25) is 4.98 Å². The predicted octanol–water partition coefficient (Wildman–Crippen LogP) is 2.12. The lowest BCUT2D eigenvalue weighted by atomic mass is 10.2. The maximum atomic E-state index is 5.18. The van der Waals surface area contributed by atoms with E-state index in [2.05, 4.69) is 11.6 Å². The highest BCUT2D eigenvalue weighted by molar-refractivity contribution is 5.69. The molecule has 2 heteroatoms. The highest BCUT2D eigenvalue weighted by atomic mass is 14.7. The van der Waals surface area contributed by atoms with Crippen LogP contribution in [0, 0.1) is 0 Å². The lowest BCUT2D eigenvalue weighted by Crippen LogP contribution is -1.82. The minimum atomic E-state index is 0.874. The number of nitrogens with zero attached hydrogens (tertiary/aromatic N) is 1. The van der Waals surface area contributed by atoms with E-state index in [9.17, 15) is 0 Å². The minimum absolute atomic E-state index is 0.874. The maximum absolute atomic E-state index is 5.18. The van der Waals surface area contributed by atoms with Crippen molar-refractivity contribution in [2.75, 3.05) is 0 Å². The van der Waals surface area contributed by atoms with E-state index in [4.69, 9.17) is 5.73 Å². The van der Waals surface area contributed by atoms with Gasteiger partial charge in [0, 0.05) is 6.20 Å². The van der Waals surface area contributed by atoms with Crippen molar-refractivity contribution in [2.45, 2.75) is 0 Å². The van der Waals surface area contributed by atoms with Gasteiger partial charge in [0.15, 0.2) is 0 Å². The molecule has 0 aliphatic rings. The molecule has 1 heterocycles. The van der Waals surface area contributed by atoms with Crippen molar-refractivity contribution in [2.24, 2.45) is 5.73 Å². The van der Waals surface area contributed by atoms with Gasteiger partial charge >= 0.3 is 0 Å². The van der Waals surface area contributed by atoms with E-state index in [0.29, 0.717) is 0 Å². The van der Waals surface area contributed by atoms with Gasteiger partial charge in [0.25, 0.3) is 0 Å². The van der Waals surface area contributed by atoms with Crippen LogP contribution in [0.5, 0.6) is 0 Å². The molecule has 0 atom stereocenters. The van der Waals surface area contributed by atoms with Gasteiger partial charge in [-0.1, -0.05) is 24.8 Å². The van der Waals surface area contributed by atoms with Gasteiger partial charge in [-0.05, 0) is 30.0 Å². The number of hydrogen-bond acceptors (Lipinski definition) is 2. The largest absolute Gasteiger partial charge is 0.405 e. The maximum Gasteiger partial charge on any atom is 0.0695 e. The Morgan fingerprint density at radius 2 is 2.23 bits per heavy atom. The van der Waals surface area contributed by atoms with Crippen LogP contribution in [-0.4, -0.2) is 4.98 Å². The number of allylic oxidation sites excluding steroid dienone is 4. The molecule has 13 heavy (non-hydrogen) atoms. The molecule has 0 amide bonds. The van der Waals surface area contributed by atoms with E-state index in [1.165, 1.54) is 6.20 Å². The summed E-state index contributed by atoms with van der Waals surface area (Å²) in [6, 6.07) is 5.72. The first-order valence-electron chi connectivity index (χ1n) is 4.00. The lowest BCUT2D eigenvalue weighted by Gasteiger charge is -1.96. The Balaban J connectivity index is 2.70. The molecular weight excluding hydrogens is 160 g/mol. The van der Waals surface area contributed by atoms with Gasteiger partial charge in [-0.25, -0.2) is 0 Å². The van der Waals surface area contributed by atoms with Crippen LogP contribution >= 0.6 is 0 Å². The first-order valence-corrected chi connectivity index (χ1v) is 4.00. The Bertz CT molecular complexity index is 323. The second-order valence-corrected chi connectivity index (χ2v) is 2.48. The van der Waals surface area contributed by atoms with Crippen molar-refractivity contribution in [3.8, 4) is 0 Å². The molecule has 1 aromatic rings. The molecule has 2 N–H and O–H groups in total. The number of pyridine rings is 1. The third-order valence-corrected chi connectivity index (χ3v) is 1.51. The summed E-state index contributed by atoms with van der Waals surface area (Å²) in [5.74, 6) is 0. The molecule has 0 saturated carbocycles. The fourth-order valence-electron chi connectivity index (χ4n) is 0.874. The van der Waals surface area contributed by atoms with Gasteiger partial charge < -0.3 is 5.73 Å². The SMILES string of the molecule is C=C(/C=C\C=C/N)c1ccccn1. The molecule has 0 aromatic carbocycles. The first-order chi connectivity index (χ1) is 6.34. The molecule has 0 saturated heterocycles. The van der Waals surface area contributed by atoms with Gasteiger partial charge in [0.05, 0.1) is 5.69 Å². The highest BCUT2D eigenvalue weighted by Gasteiger charge is 1.92. The third-order valence-electron chi connectivity index (χ3n) is 1.51. The zero-order valence-electron chi connectivity index (χ0n) is 7.35. The van der Waals surface area contributed by atoms with Crippen LogP contribution in [0.3, 0.4) is 0 Å². The molecule has 0 aliphatic carbocycles. The molecular formula is C11H12N2. The molecule has 0 spiro atoms. The summed E-state index contributed by atoms with van der Waals surface area (Å²) in [5, 5.41) is 0. The average molecular weight is 172 g/mol. The molecule has 0 aliphatic heterocycles. The van der Waals surface area contributed by atoms with Crippen LogP contribution < -0.4 is 5.73 Å². The van der Waals surface area contributed by atoms with Crippen LogP contribution in [0.15, 0.2) is 55.4 Å². The molecule has 0 unspecified atom stereocenters. The van der Waals surface area contributed by atoms with Crippen molar-refractivity contribution in [3.63, 3.8) is 0 Å². The van der Waals surface area contributed by atoms with E-state index < -0.39 is 0 Å². The van der Waals surface area contributed by atoms with E-state index in [1.807, 2.05) is 30.4 Å². The van der Waals surface area contributed by atoms with Gasteiger partial charge in [-0.2, -0.15) is 0 Å². The zero-order chi connectivity index (χ0) is 9.52. The Labute approximate surface area is 78.1 Å². The smallest absolute Gasteiger partial charge is 0.0695 e. The predicted molar refractivity (Wildman–Crippen MR) is 55.7 cm³/mol. The fourth-order valence-corrected chi connectivity index (χ4v) is 0.874. The fraction of sp³-hybridized carbons (Fsp3) is 0. The zero-order valence-corrected chi connectivity index (χ0v) is 7.35. The highest BCUT2D eigenvalue weighted by Crippen LogP contribution is 2.09. The normalized spacial score (nSPS) is 11.1. The number of rotatable bonds is 3. The van der Waals surface area contributed by atoms with Gasteiger partial charge in [0.1, 0.15) is 0 Å². The standard InChI is InChI=1S/C11H12N2/c1-10(6-2-4-8-12)11-7-3-5-9-13-11/h2-9H,1,12H2/b6-2-,8-4-. The minimum Gasteiger partial charge on any atom is -0.405 e. The Morgan fingerprint density at radius 3 is 2.85 bits per heavy atom. The summed E-state index contributed by atoms with van der Waals surface area (Å²) in [7, 11) is 0. The van der Waals surface area contributed by atoms with Crippen LogP contribution in [0.1, 0.15) is 5.69 Å². The summed E-state index contributed by atoms with van der Waals surface area (Å²) in [5.41, 5.74) is 6.93. The molecule has 0 fully saturated rings. The van der Waals surface area contributed by atoms with Crippen LogP contribution in [0.25, 0.3) is 5.57 Å². The van der Waals surface area contributed by atoms with Gasteiger partial charge in [0.2, 0.25) is 0 Å². The van der Waals surface area contributed by atoms with Crippen molar-refractivity contribution < 1.29 is 0 Å². The number of hydrogen-bond donors (Lipinski definition) is 1. The van der Waals surface area contributed by atoms with Crippen LogP contribution in [0.4, 0.5) is 0 Å². The van der Waals surface area contributed by atoms with E-state index in [1.54, 1.807) is 12.3 Å². The van der Waals surface area contributed by atoms with Gasteiger partial charge in [-0.15, -0.1) is 0 Å². The quantitative estimate of drug-likeness (QED) is 0.709. The van der Waals surface area contributed by atoms with Crippen LogP contribution in [-0.2, 0) is 0 Å². The molecule has 66 valence electrons. The molecule has 0 radical (unpaired) electrons. The summed E-state index contributed by atoms with van der Waals surface area (Å²) < 4.78 is 0. The summed E-state index contributed by atoms with van der Waals surface area (Å²) in [6.45, 7) is 3.87. The summed E-state index contributed by atoms with van der Waals surface area (Å²) >= 11 is 0. The van der Waals surface area contributed by atoms with E-state index >= 15 is 0 Å². The number of aromatic nitrogens is 1. The van der Waals surface area contributed by atoms with E-state index in [-0.39, 0.29) is 0 Å². The van der Waals surface area contributed by atoms with Crippen molar-refractivity contribution in [1.29, 1.82) is 0 Å². The second kappa shape index (κ2) is 4.93. The monoisotopic (exact) mass is 172 g/mol. The van der Waals surface area contributed by atoms with Crippen molar-refractivity contribution in [1.82, 2.24) is 4.98 Å². The van der Waals surface area contributed by atoms with Crippen LogP contribution in [0.2, 0.25) is 0 Å². The molecule has 1 aromatic heterocycles. The summed E-state index contributed by atoms with van der Waals surface area (Å²) in [6.07, 6.45) is 8.66. The van der Waals surface area contributed by atoms with Crippen molar-refractivity contribution in [3.05, 3.63) is 61.1 Å². The topological polar surface area (TPSA) is 38.9 Å². The Hall–Kier alpha value is -1.83. The van der Waals surface area contributed by atoms with E-state index in [0.717, 1.165) is 11.3 Å². The average Bonchev–Trinajstić information content (AvgIpc) is 2.19. The summed E-state index contributed by atoms with van der Waals surface area (Å²) in [4.78, 5) is 4.15. The third kappa shape index (κ3) is 2.95.